The first kappa shape index (κ1) is 11.6. The van der Waals surface area contributed by atoms with Gasteiger partial charge in [-0.15, -0.1) is 0 Å². The molecule has 0 aliphatic rings. The van der Waals surface area contributed by atoms with Gasteiger partial charge in [0.15, 0.2) is 0 Å². The molecule has 0 fully saturated rings. The van der Waals surface area contributed by atoms with Crippen LogP contribution in [0.3, 0.4) is 0 Å². The van der Waals surface area contributed by atoms with Crippen LogP contribution in [-0.4, -0.2) is 23.5 Å². The third-order valence-corrected chi connectivity index (χ3v) is 3.23. The van der Waals surface area contributed by atoms with E-state index in [2.05, 4.69) is 39.2 Å². The van der Waals surface area contributed by atoms with Gasteiger partial charge in [0, 0.05) is 31.0 Å². The number of nitrogens with zero attached hydrogens (tertiary/aromatic N) is 2. The fourth-order valence-corrected chi connectivity index (χ4v) is 2.08. The molecule has 0 amide bonds. The molecule has 0 bridgehead atoms. The van der Waals surface area contributed by atoms with Crippen molar-refractivity contribution in [2.75, 3.05) is 13.7 Å². The predicted molar refractivity (Wildman–Crippen MR) is 68.9 cm³/mol. The van der Waals surface area contributed by atoms with Crippen LogP contribution < -0.4 is 0 Å². The van der Waals surface area contributed by atoms with Gasteiger partial charge in [0.25, 0.3) is 0 Å². The van der Waals surface area contributed by atoms with Gasteiger partial charge in [-0.2, -0.15) is 5.10 Å². The summed E-state index contributed by atoms with van der Waals surface area (Å²) in [5, 5.41) is 6.47. The second-order valence-corrected chi connectivity index (χ2v) is 4.30. The molecule has 0 saturated heterocycles. The van der Waals surface area contributed by atoms with Crippen molar-refractivity contribution in [2.24, 2.45) is 0 Å². The van der Waals surface area contributed by atoms with Crippen molar-refractivity contribution in [1.82, 2.24) is 9.78 Å². The topological polar surface area (TPSA) is 27.1 Å². The van der Waals surface area contributed by atoms with Crippen molar-refractivity contribution in [3.8, 4) is 0 Å². The molecular weight excluding hydrogens is 268 g/mol. The molecule has 0 saturated carbocycles. The minimum absolute atomic E-state index is 0.777. The first-order valence-electron chi connectivity index (χ1n) is 5.34. The Morgan fingerprint density at radius 1 is 1.44 bits per heavy atom. The summed E-state index contributed by atoms with van der Waals surface area (Å²) in [6.45, 7) is 1.68. The summed E-state index contributed by atoms with van der Waals surface area (Å²) in [7, 11) is 1.73. The highest BCUT2D eigenvalue weighted by Crippen LogP contribution is 2.17. The number of aromatic nitrogens is 2. The highest BCUT2D eigenvalue weighted by atomic mass is 79.9. The number of hydrogen-bond donors (Lipinski definition) is 0. The van der Waals surface area contributed by atoms with E-state index in [1.54, 1.807) is 7.11 Å². The summed E-state index contributed by atoms with van der Waals surface area (Å²) >= 11 is 3.47. The van der Waals surface area contributed by atoms with E-state index in [9.17, 15) is 0 Å². The van der Waals surface area contributed by atoms with Crippen LogP contribution in [0, 0.1) is 0 Å². The van der Waals surface area contributed by atoms with Gasteiger partial charge in [-0.25, -0.2) is 0 Å². The lowest BCUT2D eigenvalue weighted by Gasteiger charge is -2.04. The van der Waals surface area contributed by atoms with E-state index in [1.165, 1.54) is 16.5 Å². The quantitative estimate of drug-likeness (QED) is 0.623. The third kappa shape index (κ3) is 2.44. The Balaban J connectivity index is 2.24. The van der Waals surface area contributed by atoms with E-state index >= 15 is 0 Å². The van der Waals surface area contributed by atoms with E-state index < -0.39 is 0 Å². The molecule has 16 heavy (non-hydrogen) atoms. The van der Waals surface area contributed by atoms with Crippen molar-refractivity contribution < 1.29 is 4.74 Å². The van der Waals surface area contributed by atoms with Crippen LogP contribution in [0.4, 0.5) is 0 Å². The molecule has 2 aromatic rings. The highest BCUT2D eigenvalue weighted by molar-refractivity contribution is 9.08. The van der Waals surface area contributed by atoms with Crippen molar-refractivity contribution in [3.05, 3.63) is 30.0 Å². The molecule has 0 radical (unpaired) electrons. The molecule has 0 atom stereocenters. The van der Waals surface area contributed by atoms with E-state index in [-0.39, 0.29) is 0 Å². The van der Waals surface area contributed by atoms with E-state index in [0.29, 0.717) is 0 Å². The van der Waals surface area contributed by atoms with Gasteiger partial charge in [-0.3, -0.25) is 4.68 Å². The number of aryl methyl sites for hydroxylation is 1. The number of rotatable bonds is 5. The summed E-state index contributed by atoms with van der Waals surface area (Å²) in [5.74, 6) is 0. The van der Waals surface area contributed by atoms with Crippen molar-refractivity contribution in [2.45, 2.75) is 18.3 Å². The predicted octanol–water partition coefficient (Wildman–Crippen LogP) is 2.97. The lowest BCUT2D eigenvalue weighted by molar-refractivity contribution is 0.189. The van der Waals surface area contributed by atoms with Crippen molar-refractivity contribution >= 4 is 26.8 Å². The molecule has 0 unspecified atom stereocenters. The normalized spacial score (nSPS) is 11.1. The zero-order chi connectivity index (χ0) is 11.4. The standard InChI is InChI=1S/C12H15BrN2O/c1-16-6-2-5-15-12-7-10(8-13)3-4-11(12)9-14-15/h3-4,7,9H,2,5-6,8H2,1H3. The minimum Gasteiger partial charge on any atom is -0.385 e. The fraction of sp³-hybridized carbons (Fsp3) is 0.417. The molecule has 3 nitrogen and oxygen atoms in total. The number of benzene rings is 1. The van der Waals surface area contributed by atoms with Crippen LogP contribution in [0.15, 0.2) is 24.4 Å². The number of methoxy groups -OCH3 is 1. The number of hydrogen-bond acceptors (Lipinski definition) is 2. The molecule has 1 aromatic carbocycles. The summed E-state index contributed by atoms with van der Waals surface area (Å²) in [6.07, 6.45) is 2.91. The molecule has 86 valence electrons. The summed E-state index contributed by atoms with van der Waals surface area (Å²) in [6, 6.07) is 6.42. The maximum Gasteiger partial charge on any atom is 0.0685 e. The molecule has 0 spiro atoms. The molecule has 1 aromatic heterocycles. The highest BCUT2D eigenvalue weighted by Gasteiger charge is 2.03. The molecule has 4 heteroatoms. The van der Waals surface area contributed by atoms with Crippen LogP contribution in [0.1, 0.15) is 12.0 Å². The first-order chi connectivity index (χ1) is 7.85. The largest absolute Gasteiger partial charge is 0.385 e. The average Bonchev–Trinajstić information content (AvgIpc) is 2.72. The Labute approximate surface area is 104 Å². The smallest absolute Gasteiger partial charge is 0.0685 e. The Hall–Kier alpha value is -0.870. The zero-order valence-corrected chi connectivity index (χ0v) is 10.9. The molecule has 0 N–H and O–H groups in total. The summed E-state index contributed by atoms with van der Waals surface area (Å²) < 4.78 is 7.09. The van der Waals surface area contributed by atoms with Crippen LogP contribution in [0.25, 0.3) is 10.9 Å². The lowest BCUT2D eigenvalue weighted by Crippen LogP contribution is -2.02. The summed E-state index contributed by atoms with van der Waals surface area (Å²) in [4.78, 5) is 0. The van der Waals surface area contributed by atoms with Crippen molar-refractivity contribution in [3.63, 3.8) is 0 Å². The van der Waals surface area contributed by atoms with Gasteiger partial charge in [-0.1, -0.05) is 28.1 Å². The maximum atomic E-state index is 5.05. The fourth-order valence-electron chi connectivity index (χ4n) is 1.74. The Morgan fingerprint density at radius 3 is 3.06 bits per heavy atom. The molecule has 0 aliphatic carbocycles. The number of fused-ring (bicyclic) bond motifs is 1. The van der Waals surface area contributed by atoms with Crippen LogP contribution >= 0.6 is 15.9 Å². The number of halogens is 1. The third-order valence-electron chi connectivity index (χ3n) is 2.58. The van der Waals surface area contributed by atoms with Crippen LogP contribution in [0.5, 0.6) is 0 Å². The Morgan fingerprint density at radius 2 is 2.31 bits per heavy atom. The van der Waals surface area contributed by atoms with Crippen LogP contribution in [-0.2, 0) is 16.6 Å². The number of ether oxygens (including phenoxy) is 1. The maximum absolute atomic E-state index is 5.05. The molecular formula is C12H15BrN2O. The van der Waals surface area contributed by atoms with Gasteiger partial charge in [0.2, 0.25) is 0 Å². The summed E-state index contributed by atoms with van der Waals surface area (Å²) in [5.41, 5.74) is 2.48. The van der Waals surface area contributed by atoms with Gasteiger partial charge < -0.3 is 4.74 Å². The average molecular weight is 283 g/mol. The van der Waals surface area contributed by atoms with Crippen molar-refractivity contribution in [1.29, 1.82) is 0 Å². The van der Waals surface area contributed by atoms with Gasteiger partial charge in [0.05, 0.1) is 11.7 Å². The van der Waals surface area contributed by atoms with Gasteiger partial charge >= 0.3 is 0 Å². The Bertz CT molecular complexity index is 467. The zero-order valence-electron chi connectivity index (χ0n) is 9.32. The Kier molecular flexibility index (Phi) is 3.96. The SMILES string of the molecule is COCCCn1ncc2ccc(CBr)cc21. The minimum atomic E-state index is 0.777. The second-order valence-electron chi connectivity index (χ2n) is 3.74. The second kappa shape index (κ2) is 5.46. The van der Waals surface area contributed by atoms with E-state index in [0.717, 1.165) is 24.9 Å². The molecule has 2 rings (SSSR count). The first-order valence-corrected chi connectivity index (χ1v) is 6.46. The van der Waals surface area contributed by atoms with E-state index in [1.807, 2.05) is 10.9 Å². The monoisotopic (exact) mass is 282 g/mol. The van der Waals surface area contributed by atoms with Gasteiger partial charge in [-0.05, 0) is 18.1 Å². The molecule has 1 heterocycles. The lowest BCUT2D eigenvalue weighted by atomic mass is 10.2. The van der Waals surface area contributed by atoms with Crippen LogP contribution in [0.2, 0.25) is 0 Å². The molecule has 0 aliphatic heterocycles. The number of alkyl halides is 1. The van der Waals surface area contributed by atoms with E-state index in [4.69, 9.17) is 4.74 Å². The van der Waals surface area contributed by atoms with Gasteiger partial charge in [0.1, 0.15) is 0 Å².